The Labute approximate surface area is 156 Å². The minimum Gasteiger partial charge on any atom is -0.448 e. The number of aromatic nitrogens is 2. The monoisotopic (exact) mass is 392 g/mol. The summed E-state index contributed by atoms with van der Waals surface area (Å²) in [5.41, 5.74) is 4.88. The van der Waals surface area contributed by atoms with Crippen molar-refractivity contribution >= 4 is 45.7 Å². The van der Waals surface area contributed by atoms with E-state index in [1.165, 1.54) is 22.7 Å². The van der Waals surface area contributed by atoms with E-state index in [9.17, 15) is 14.4 Å². The molecule has 26 heavy (non-hydrogen) atoms. The fourth-order valence-electron chi connectivity index (χ4n) is 2.09. The molecule has 3 rings (SSSR count). The van der Waals surface area contributed by atoms with Gasteiger partial charge >= 0.3 is 5.97 Å². The van der Waals surface area contributed by atoms with Gasteiger partial charge in [0.05, 0.1) is 0 Å². The molecular weight excluding hydrogens is 380 g/mol. The second-order valence-corrected chi connectivity index (χ2v) is 6.39. The molecule has 0 aliphatic heterocycles. The summed E-state index contributed by atoms with van der Waals surface area (Å²) < 4.78 is 6.59. The third-order valence-electron chi connectivity index (χ3n) is 3.40. The van der Waals surface area contributed by atoms with Crippen molar-refractivity contribution in [2.45, 2.75) is 13.0 Å². The van der Waals surface area contributed by atoms with Crippen molar-refractivity contribution in [3.8, 4) is 0 Å². The molecule has 134 valence electrons. The topological polar surface area (TPSA) is 102 Å². The van der Waals surface area contributed by atoms with E-state index in [0.717, 1.165) is 0 Å². The van der Waals surface area contributed by atoms with Crippen molar-refractivity contribution in [2.24, 2.45) is 0 Å². The number of nitrogens with one attached hydrogen (secondary N) is 2. The number of ether oxygens (including phenoxy) is 1. The Morgan fingerprint density at radius 3 is 2.69 bits per heavy atom. The fourth-order valence-corrected chi connectivity index (χ4v) is 3.11. The lowest BCUT2D eigenvalue weighted by Crippen LogP contribution is -2.46. The Morgan fingerprint density at radius 2 is 1.96 bits per heavy atom. The SMILES string of the molecule is C[C@H](OC(=O)c1c(Cl)nc2sccn12)C(=O)NNC(=O)c1ccccc1. The van der Waals surface area contributed by atoms with E-state index in [1.807, 2.05) is 0 Å². The highest BCUT2D eigenvalue weighted by atomic mass is 35.5. The lowest BCUT2D eigenvalue weighted by atomic mass is 10.2. The first-order chi connectivity index (χ1) is 12.5. The highest BCUT2D eigenvalue weighted by molar-refractivity contribution is 7.15. The van der Waals surface area contributed by atoms with Crippen molar-refractivity contribution in [1.82, 2.24) is 20.2 Å². The van der Waals surface area contributed by atoms with Crippen LogP contribution in [-0.2, 0) is 9.53 Å². The average molecular weight is 393 g/mol. The molecule has 10 heteroatoms. The van der Waals surface area contributed by atoms with Gasteiger partial charge in [-0.25, -0.2) is 9.78 Å². The van der Waals surface area contributed by atoms with Crippen LogP contribution in [0.4, 0.5) is 0 Å². The molecule has 0 fully saturated rings. The molecule has 0 saturated heterocycles. The number of nitrogens with zero attached hydrogens (tertiary/aromatic N) is 2. The van der Waals surface area contributed by atoms with Gasteiger partial charge in [0.25, 0.3) is 11.8 Å². The summed E-state index contributed by atoms with van der Waals surface area (Å²) in [7, 11) is 0. The number of esters is 1. The third-order valence-corrected chi connectivity index (χ3v) is 4.42. The number of rotatable bonds is 4. The van der Waals surface area contributed by atoms with Gasteiger partial charge in [-0.3, -0.25) is 24.8 Å². The number of halogens is 1. The molecule has 1 atom stereocenters. The number of hydrogen-bond acceptors (Lipinski definition) is 6. The second kappa shape index (κ2) is 7.54. The zero-order valence-electron chi connectivity index (χ0n) is 13.4. The van der Waals surface area contributed by atoms with Gasteiger partial charge in [-0.05, 0) is 19.1 Å². The van der Waals surface area contributed by atoms with E-state index in [1.54, 1.807) is 41.9 Å². The van der Waals surface area contributed by atoms with Crippen LogP contribution in [0.1, 0.15) is 27.8 Å². The van der Waals surface area contributed by atoms with Crippen LogP contribution >= 0.6 is 22.9 Å². The van der Waals surface area contributed by atoms with Crippen LogP contribution in [0.15, 0.2) is 41.9 Å². The number of carbonyl (C=O) groups excluding carboxylic acids is 3. The molecule has 0 spiro atoms. The lowest BCUT2D eigenvalue weighted by Gasteiger charge is -2.14. The van der Waals surface area contributed by atoms with Gasteiger partial charge in [-0.15, -0.1) is 11.3 Å². The predicted molar refractivity (Wildman–Crippen MR) is 95.0 cm³/mol. The molecule has 2 heterocycles. The number of benzene rings is 1. The molecule has 1 aromatic carbocycles. The van der Waals surface area contributed by atoms with E-state index >= 15 is 0 Å². The van der Waals surface area contributed by atoms with Gasteiger partial charge in [-0.1, -0.05) is 29.8 Å². The number of hydrazine groups is 1. The molecule has 2 amide bonds. The highest BCUT2D eigenvalue weighted by Crippen LogP contribution is 2.22. The quantitative estimate of drug-likeness (QED) is 0.522. The maximum absolute atomic E-state index is 12.3. The summed E-state index contributed by atoms with van der Waals surface area (Å²) in [4.78, 5) is 40.8. The Kier molecular flexibility index (Phi) is 5.19. The zero-order valence-corrected chi connectivity index (χ0v) is 15.0. The smallest absolute Gasteiger partial charge is 0.359 e. The molecule has 3 aromatic rings. The summed E-state index contributed by atoms with van der Waals surface area (Å²) in [6.45, 7) is 1.38. The zero-order chi connectivity index (χ0) is 18.7. The van der Waals surface area contributed by atoms with Crippen LogP contribution in [0.3, 0.4) is 0 Å². The molecule has 0 radical (unpaired) electrons. The van der Waals surface area contributed by atoms with Crippen molar-refractivity contribution in [1.29, 1.82) is 0 Å². The van der Waals surface area contributed by atoms with E-state index in [0.29, 0.717) is 10.5 Å². The second-order valence-electron chi connectivity index (χ2n) is 5.16. The summed E-state index contributed by atoms with van der Waals surface area (Å²) in [6.07, 6.45) is 0.471. The molecule has 8 nitrogen and oxygen atoms in total. The van der Waals surface area contributed by atoms with Crippen molar-refractivity contribution in [3.05, 3.63) is 58.3 Å². The predicted octanol–water partition coefficient (Wildman–Crippen LogP) is 2.06. The lowest BCUT2D eigenvalue weighted by molar-refractivity contribution is -0.129. The van der Waals surface area contributed by atoms with E-state index in [2.05, 4.69) is 15.8 Å². The molecule has 0 aliphatic rings. The molecule has 0 saturated carbocycles. The Balaban J connectivity index is 1.59. The first kappa shape index (κ1) is 17.9. The molecule has 0 bridgehead atoms. The van der Waals surface area contributed by atoms with Gasteiger partial charge in [0.1, 0.15) is 0 Å². The van der Waals surface area contributed by atoms with Crippen molar-refractivity contribution in [3.63, 3.8) is 0 Å². The highest BCUT2D eigenvalue weighted by Gasteiger charge is 2.25. The van der Waals surface area contributed by atoms with Crippen LogP contribution in [0.5, 0.6) is 0 Å². The third kappa shape index (κ3) is 3.68. The van der Waals surface area contributed by atoms with Crippen LogP contribution in [0.2, 0.25) is 5.15 Å². The number of hydrogen-bond donors (Lipinski definition) is 2. The van der Waals surface area contributed by atoms with E-state index in [4.69, 9.17) is 16.3 Å². The minimum absolute atomic E-state index is 0.00756. The van der Waals surface area contributed by atoms with Crippen LogP contribution in [0, 0.1) is 0 Å². The number of amides is 2. The number of fused-ring (bicyclic) bond motifs is 1. The standard InChI is InChI=1S/C16H13ClN4O4S/c1-9(13(22)19-20-14(23)10-5-3-2-4-6-10)25-15(24)11-12(17)18-16-21(11)7-8-26-16/h2-9H,1H3,(H,19,22)(H,20,23)/t9-/m0/s1. The van der Waals surface area contributed by atoms with Gasteiger partial charge in [0.2, 0.25) is 0 Å². The van der Waals surface area contributed by atoms with Gasteiger partial charge in [0, 0.05) is 17.1 Å². The Bertz CT molecular complexity index is 969. The largest absolute Gasteiger partial charge is 0.448 e. The Hall–Kier alpha value is -2.91. The van der Waals surface area contributed by atoms with Gasteiger partial charge in [0.15, 0.2) is 21.9 Å². The average Bonchev–Trinajstić information content (AvgIpc) is 3.19. The van der Waals surface area contributed by atoms with Gasteiger partial charge < -0.3 is 4.74 Å². The molecular formula is C16H13ClN4O4S. The van der Waals surface area contributed by atoms with Gasteiger partial charge in [-0.2, -0.15) is 0 Å². The molecule has 2 aromatic heterocycles. The fraction of sp³-hybridized carbons (Fsp3) is 0.125. The van der Waals surface area contributed by atoms with E-state index in [-0.39, 0.29) is 10.8 Å². The normalized spacial score (nSPS) is 11.8. The number of carbonyl (C=O) groups is 3. The van der Waals surface area contributed by atoms with Crippen molar-refractivity contribution in [2.75, 3.05) is 0 Å². The maximum Gasteiger partial charge on any atom is 0.359 e. The van der Waals surface area contributed by atoms with Crippen molar-refractivity contribution < 1.29 is 19.1 Å². The van der Waals surface area contributed by atoms with Crippen LogP contribution in [0.25, 0.3) is 4.96 Å². The van der Waals surface area contributed by atoms with Crippen LogP contribution < -0.4 is 10.9 Å². The van der Waals surface area contributed by atoms with E-state index < -0.39 is 23.9 Å². The molecule has 0 unspecified atom stereocenters. The van der Waals surface area contributed by atoms with Crippen LogP contribution in [-0.4, -0.2) is 33.3 Å². The number of thiazole rings is 1. The summed E-state index contributed by atoms with van der Waals surface area (Å²) in [5, 5.41) is 1.73. The minimum atomic E-state index is -1.15. The Morgan fingerprint density at radius 1 is 1.23 bits per heavy atom. The first-order valence-corrected chi connectivity index (χ1v) is 8.70. The summed E-state index contributed by atoms with van der Waals surface area (Å²) >= 11 is 7.26. The summed E-state index contributed by atoms with van der Waals surface area (Å²) in [6, 6.07) is 8.35. The first-order valence-electron chi connectivity index (χ1n) is 7.44. The number of imidazole rings is 1. The molecule has 0 aliphatic carbocycles. The maximum atomic E-state index is 12.3. The molecule has 2 N–H and O–H groups in total. The summed E-state index contributed by atoms with van der Waals surface area (Å²) in [5.74, 6) is -1.97.